The van der Waals surface area contributed by atoms with Crippen LogP contribution in [-0.4, -0.2) is 35.3 Å². The molecule has 30 heavy (non-hydrogen) atoms. The summed E-state index contributed by atoms with van der Waals surface area (Å²) >= 11 is 7.44. The van der Waals surface area contributed by atoms with Gasteiger partial charge in [-0.25, -0.2) is 9.78 Å². The van der Waals surface area contributed by atoms with E-state index in [1.54, 1.807) is 5.38 Å². The minimum Gasteiger partial charge on any atom is -0.430 e. The van der Waals surface area contributed by atoms with Crippen molar-refractivity contribution in [1.82, 2.24) is 9.88 Å². The fourth-order valence-electron chi connectivity index (χ4n) is 4.57. The highest BCUT2D eigenvalue weighted by Crippen LogP contribution is 2.31. The molecule has 4 rings (SSSR count). The lowest BCUT2D eigenvalue weighted by molar-refractivity contribution is -0.0341. The monoisotopic (exact) mass is 447 g/mol. The van der Waals surface area contributed by atoms with Gasteiger partial charge in [-0.3, -0.25) is 10.2 Å². The van der Waals surface area contributed by atoms with Crippen LogP contribution in [0, 0.1) is 5.92 Å². The van der Waals surface area contributed by atoms with Crippen LogP contribution in [0.25, 0.3) is 10.6 Å². The Morgan fingerprint density at radius 1 is 1.20 bits per heavy atom. The van der Waals surface area contributed by atoms with Crippen molar-refractivity contribution in [2.75, 3.05) is 18.4 Å². The number of nitrogens with one attached hydrogen (secondary N) is 1. The van der Waals surface area contributed by atoms with Crippen molar-refractivity contribution in [3.05, 3.63) is 34.8 Å². The number of ether oxygens (including phenoxy) is 1. The molecule has 0 spiro atoms. The van der Waals surface area contributed by atoms with Crippen molar-refractivity contribution < 1.29 is 9.53 Å². The van der Waals surface area contributed by atoms with Gasteiger partial charge in [-0.2, -0.15) is 0 Å². The smallest absolute Gasteiger partial charge is 0.413 e. The van der Waals surface area contributed by atoms with E-state index in [0.717, 1.165) is 30.1 Å². The Morgan fingerprint density at radius 2 is 1.97 bits per heavy atom. The summed E-state index contributed by atoms with van der Waals surface area (Å²) < 4.78 is 5.99. The molecular formula is C23H30ClN3O2S. The SMILES string of the molecule is O=C(Nc1cccc(-c2nc(Cl)cs2)c1)OC(CC1CCCCC1)N1CCCCC1. The number of benzene rings is 1. The van der Waals surface area contributed by atoms with Gasteiger partial charge in [0.25, 0.3) is 0 Å². The van der Waals surface area contributed by atoms with Crippen molar-refractivity contribution in [1.29, 1.82) is 0 Å². The van der Waals surface area contributed by atoms with Crippen LogP contribution in [-0.2, 0) is 4.74 Å². The van der Waals surface area contributed by atoms with Crippen LogP contribution in [0.4, 0.5) is 10.5 Å². The number of hydrogen-bond donors (Lipinski definition) is 1. The Labute approximate surface area is 187 Å². The maximum Gasteiger partial charge on any atom is 0.413 e. The van der Waals surface area contributed by atoms with Gasteiger partial charge in [-0.05, 0) is 30.9 Å². The van der Waals surface area contributed by atoms with Crippen LogP contribution in [0.1, 0.15) is 57.8 Å². The molecule has 5 nitrogen and oxygen atoms in total. The Morgan fingerprint density at radius 3 is 2.70 bits per heavy atom. The second kappa shape index (κ2) is 10.6. The van der Waals surface area contributed by atoms with E-state index in [2.05, 4.69) is 15.2 Å². The largest absolute Gasteiger partial charge is 0.430 e. The van der Waals surface area contributed by atoms with Gasteiger partial charge in [0.15, 0.2) is 6.23 Å². The molecule has 7 heteroatoms. The number of nitrogens with zero attached hydrogens (tertiary/aromatic N) is 2. The van der Waals surface area contributed by atoms with Crippen molar-refractivity contribution in [3.63, 3.8) is 0 Å². The normalized spacial score (nSPS) is 19.4. The van der Waals surface area contributed by atoms with Crippen LogP contribution < -0.4 is 5.32 Å². The molecule has 1 aliphatic carbocycles. The van der Waals surface area contributed by atoms with Crippen LogP contribution in [0.2, 0.25) is 5.15 Å². The lowest BCUT2D eigenvalue weighted by Crippen LogP contribution is -2.44. The van der Waals surface area contributed by atoms with E-state index in [-0.39, 0.29) is 12.3 Å². The number of carbonyl (C=O) groups excluding carboxylic acids is 1. The molecule has 0 radical (unpaired) electrons. The first-order valence-corrected chi connectivity index (χ1v) is 12.4. The number of hydrogen-bond acceptors (Lipinski definition) is 5. The second-order valence-corrected chi connectivity index (χ2v) is 9.62. The number of rotatable bonds is 6. The third-order valence-corrected chi connectivity index (χ3v) is 7.35. The first-order chi connectivity index (χ1) is 14.7. The third kappa shape index (κ3) is 5.96. The summed E-state index contributed by atoms with van der Waals surface area (Å²) in [5.74, 6) is 0.663. The molecular weight excluding hydrogens is 418 g/mol. The van der Waals surface area contributed by atoms with Crippen molar-refractivity contribution in [3.8, 4) is 10.6 Å². The molecule has 162 valence electrons. The topological polar surface area (TPSA) is 54.5 Å². The maximum atomic E-state index is 12.8. The molecule has 1 atom stereocenters. The minimum atomic E-state index is -0.379. The van der Waals surface area contributed by atoms with E-state index in [0.29, 0.717) is 16.8 Å². The van der Waals surface area contributed by atoms with Crippen LogP contribution in [0.3, 0.4) is 0 Å². The van der Waals surface area contributed by atoms with Crippen molar-refractivity contribution in [2.45, 2.75) is 64.0 Å². The van der Waals surface area contributed by atoms with Crippen molar-refractivity contribution in [2.24, 2.45) is 5.92 Å². The minimum absolute atomic E-state index is 0.130. The van der Waals surface area contributed by atoms with Gasteiger partial charge in [-0.15, -0.1) is 11.3 Å². The molecule has 0 bridgehead atoms. The first-order valence-electron chi connectivity index (χ1n) is 11.1. The summed E-state index contributed by atoms with van der Waals surface area (Å²) in [6.45, 7) is 2.04. The van der Waals surface area contributed by atoms with Gasteiger partial charge < -0.3 is 4.74 Å². The van der Waals surface area contributed by atoms with Gasteiger partial charge in [-0.1, -0.05) is 62.3 Å². The van der Waals surface area contributed by atoms with E-state index >= 15 is 0 Å². The van der Waals surface area contributed by atoms with Gasteiger partial charge in [0.2, 0.25) is 0 Å². The maximum absolute atomic E-state index is 12.8. The van der Waals surface area contributed by atoms with E-state index in [4.69, 9.17) is 16.3 Å². The number of aromatic nitrogens is 1. The predicted octanol–water partition coefficient (Wildman–Crippen LogP) is 6.79. The predicted molar refractivity (Wildman–Crippen MR) is 123 cm³/mol. The summed E-state index contributed by atoms with van der Waals surface area (Å²) in [4.78, 5) is 19.4. The van der Waals surface area contributed by atoms with E-state index in [1.807, 2.05) is 24.3 Å². The highest BCUT2D eigenvalue weighted by Gasteiger charge is 2.28. The summed E-state index contributed by atoms with van der Waals surface area (Å²) in [7, 11) is 0. The lowest BCUT2D eigenvalue weighted by Gasteiger charge is -2.36. The molecule has 1 saturated carbocycles. The number of likely N-dealkylation sites (tertiary alicyclic amines) is 1. The number of anilines is 1. The van der Waals surface area contributed by atoms with E-state index in [9.17, 15) is 4.79 Å². The molecule has 1 saturated heterocycles. The average Bonchev–Trinajstić information content (AvgIpc) is 3.21. The van der Waals surface area contributed by atoms with Gasteiger partial charge >= 0.3 is 6.09 Å². The van der Waals surface area contributed by atoms with Gasteiger partial charge in [0.1, 0.15) is 10.2 Å². The Kier molecular flexibility index (Phi) is 7.63. The molecule has 1 N–H and O–H groups in total. The van der Waals surface area contributed by atoms with E-state index < -0.39 is 0 Å². The zero-order chi connectivity index (χ0) is 20.8. The fraction of sp³-hybridized carbons (Fsp3) is 0.565. The summed E-state index contributed by atoms with van der Waals surface area (Å²) in [5.41, 5.74) is 1.64. The first kappa shape index (κ1) is 21.6. The highest BCUT2D eigenvalue weighted by atomic mass is 35.5. The Bertz CT molecular complexity index is 831. The van der Waals surface area contributed by atoms with Gasteiger partial charge in [0, 0.05) is 36.1 Å². The molecule has 2 aliphatic rings. The molecule has 1 aromatic carbocycles. The van der Waals surface area contributed by atoms with Gasteiger partial charge in [0.05, 0.1) is 0 Å². The molecule has 2 fully saturated rings. The summed E-state index contributed by atoms with van der Waals surface area (Å²) in [5, 5.41) is 6.05. The highest BCUT2D eigenvalue weighted by molar-refractivity contribution is 7.13. The van der Waals surface area contributed by atoms with Crippen molar-refractivity contribution >= 4 is 34.7 Å². The number of halogens is 1. The second-order valence-electron chi connectivity index (χ2n) is 8.38. The molecule has 2 aromatic rings. The zero-order valence-corrected chi connectivity index (χ0v) is 18.9. The Hall–Kier alpha value is -1.63. The number of thiazole rings is 1. The number of amides is 1. The zero-order valence-electron chi connectivity index (χ0n) is 17.3. The van der Waals surface area contributed by atoms with Crippen LogP contribution in [0.15, 0.2) is 29.6 Å². The Balaban J connectivity index is 1.40. The third-order valence-electron chi connectivity index (χ3n) is 6.13. The summed E-state index contributed by atoms with van der Waals surface area (Å²) in [6.07, 6.45) is 10.5. The summed E-state index contributed by atoms with van der Waals surface area (Å²) in [6, 6.07) is 7.65. The number of piperidine rings is 1. The quantitative estimate of drug-likeness (QED) is 0.529. The number of carbonyl (C=O) groups is 1. The molecule has 1 aliphatic heterocycles. The van der Waals surface area contributed by atoms with Crippen LogP contribution in [0.5, 0.6) is 0 Å². The molecule has 1 aromatic heterocycles. The average molecular weight is 448 g/mol. The molecule has 1 amide bonds. The lowest BCUT2D eigenvalue weighted by atomic mass is 9.86. The van der Waals surface area contributed by atoms with Crippen LogP contribution >= 0.6 is 22.9 Å². The fourth-order valence-corrected chi connectivity index (χ4v) is 5.52. The van der Waals surface area contributed by atoms with E-state index in [1.165, 1.54) is 62.7 Å². The standard InChI is InChI=1S/C23H30ClN3O2S/c24-20-16-30-22(26-20)18-10-7-11-19(15-18)25-23(28)29-21(27-12-5-2-6-13-27)14-17-8-3-1-4-9-17/h7,10-11,15-17,21H,1-6,8-9,12-14H2,(H,25,28). The molecule has 1 unspecified atom stereocenters. The molecule has 2 heterocycles.